The number of methoxy groups -OCH3 is 1. The zero-order valence-electron chi connectivity index (χ0n) is 12.9. The summed E-state index contributed by atoms with van der Waals surface area (Å²) in [7, 11) is 1.70. The molecule has 0 saturated carbocycles. The molecule has 0 heterocycles. The monoisotopic (exact) mass is 295 g/mol. The smallest absolute Gasteiger partial charge is 0.170 e. The van der Waals surface area contributed by atoms with Crippen LogP contribution in [-0.2, 0) is 4.74 Å². The maximum Gasteiger partial charge on any atom is 0.170 e. The minimum absolute atomic E-state index is 0.0857. The molecule has 0 aliphatic carbocycles. The third kappa shape index (κ3) is 6.01. The van der Waals surface area contributed by atoms with Crippen molar-refractivity contribution < 1.29 is 14.7 Å². The highest BCUT2D eigenvalue weighted by Gasteiger charge is 2.11. The van der Waals surface area contributed by atoms with Gasteiger partial charge in [-0.25, -0.2) is 0 Å². The van der Waals surface area contributed by atoms with Crippen LogP contribution in [0.3, 0.4) is 0 Å². The molecule has 21 heavy (non-hydrogen) atoms. The standard InChI is InChI=1S/C15H25N3O3/c1-11(2)14(10-20-3)17-8-9-21-13-6-4-12(5-7-13)15(16)18-19/h4-7,11,14,17,19H,8-10H2,1-3H3,(H2,16,18). The molecule has 0 aromatic heterocycles. The number of oxime groups is 1. The van der Waals surface area contributed by atoms with E-state index in [-0.39, 0.29) is 5.84 Å². The Labute approximate surface area is 125 Å². The van der Waals surface area contributed by atoms with Gasteiger partial charge in [-0.1, -0.05) is 19.0 Å². The van der Waals surface area contributed by atoms with E-state index in [9.17, 15) is 0 Å². The number of benzene rings is 1. The first kappa shape index (κ1) is 17.3. The van der Waals surface area contributed by atoms with Crippen molar-refractivity contribution in [3.05, 3.63) is 29.8 Å². The number of rotatable bonds is 9. The van der Waals surface area contributed by atoms with E-state index < -0.39 is 0 Å². The molecule has 0 aliphatic heterocycles. The lowest BCUT2D eigenvalue weighted by molar-refractivity contribution is 0.144. The van der Waals surface area contributed by atoms with Crippen LogP contribution in [0.5, 0.6) is 5.75 Å². The fourth-order valence-electron chi connectivity index (χ4n) is 1.86. The highest BCUT2D eigenvalue weighted by molar-refractivity contribution is 5.97. The fourth-order valence-corrected chi connectivity index (χ4v) is 1.86. The van der Waals surface area contributed by atoms with Crippen LogP contribution in [-0.4, -0.2) is 44.0 Å². The summed E-state index contributed by atoms with van der Waals surface area (Å²) in [4.78, 5) is 0. The number of ether oxygens (including phenoxy) is 2. The molecule has 1 rings (SSSR count). The summed E-state index contributed by atoms with van der Waals surface area (Å²) in [5.74, 6) is 1.34. The number of nitrogens with one attached hydrogen (secondary N) is 1. The van der Waals surface area contributed by atoms with Gasteiger partial charge in [-0.2, -0.15) is 0 Å². The minimum Gasteiger partial charge on any atom is -0.492 e. The normalized spacial score (nSPS) is 13.4. The molecule has 0 spiro atoms. The Morgan fingerprint density at radius 3 is 2.52 bits per heavy atom. The highest BCUT2D eigenvalue weighted by atomic mass is 16.5. The molecule has 4 N–H and O–H groups in total. The van der Waals surface area contributed by atoms with Crippen LogP contribution in [0.1, 0.15) is 19.4 Å². The van der Waals surface area contributed by atoms with Crippen molar-refractivity contribution in [3.63, 3.8) is 0 Å². The van der Waals surface area contributed by atoms with Gasteiger partial charge in [0.2, 0.25) is 0 Å². The maximum atomic E-state index is 8.58. The molecule has 0 bridgehead atoms. The number of amidine groups is 1. The largest absolute Gasteiger partial charge is 0.492 e. The van der Waals surface area contributed by atoms with Crippen molar-refractivity contribution in [3.8, 4) is 5.75 Å². The lowest BCUT2D eigenvalue weighted by atomic mass is 10.1. The van der Waals surface area contributed by atoms with Gasteiger partial charge < -0.3 is 25.7 Å². The molecule has 1 aromatic rings. The van der Waals surface area contributed by atoms with E-state index in [2.05, 4.69) is 24.3 Å². The quantitative estimate of drug-likeness (QED) is 0.211. The van der Waals surface area contributed by atoms with Gasteiger partial charge in [0.1, 0.15) is 12.4 Å². The number of nitrogens with zero attached hydrogens (tertiary/aromatic N) is 1. The van der Waals surface area contributed by atoms with Gasteiger partial charge in [0, 0.05) is 25.3 Å². The van der Waals surface area contributed by atoms with Crippen molar-refractivity contribution in [1.29, 1.82) is 0 Å². The molecular formula is C15H25N3O3. The topological polar surface area (TPSA) is 89.1 Å². The van der Waals surface area contributed by atoms with Crippen molar-refractivity contribution in [1.82, 2.24) is 5.32 Å². The average Bonchev–Trinajstić information content (AvgIpc) is 2.50. The second kappa shape index (κ2) is 9.20. The molecule has 0 aliphatic rings. The summed E-state index contributed by atoms with van der Waals surface area (Å²) < 4.78 is 10.8. The van der Waals surface area contributed by atoms with Gasteiger partial charge in [0.15, 0.2) is 5.84 Å². The van der Waals surface area contributed by atoms with E-state index in [1.165, 1.54) is 0 Å². The molecule has 1 unspecified atom stereocenters. The summed E-state index contributed by atoms with van der Waals surface area (Å²) in [6.45, 7) is 6.31. The molecular weight excluding hydrogens is 270 g/mol. The number of hydrogen-bond acceptors (Lipinski definition) is 5. The summed E-state index contributed by atoms with van der Waals surface area (Å²) in [5.41, 5.74) is 6.15. The van der Waals surface area contributed by atoms with Crippen LogP contribution in [0.25, 0.3) is 0 Å². The van der Waals surface area contributed by atoms with Crippen molar-refractivity contribution in [2.45, 2.75) is 19.9 Å². The molecule has 1 aromatic carbocycles. The van der Waals surface area contributed by atoms with Gasteiger partial charge >= 0.3 is 0 Å². The molecule has 0 fully saturated rings. The van der Waals surface area contributed by atoms with Crippen molar-refractivity contribution >= 4 is 5.84 Å². The van der Waals surface area contributed by atoms with E-state index in [4.69, 9.17) is 20.4 Å². The third-order valence-electron chi connectivity index (χ3n) is 3.19. The first-order valence-electron chi connectivity index (χ1n) is 7.01. The Balaban J connectivity index is 2.35. The SMILES string of the molecule is COCC(NCCOc1ccc(C(N)=NO)cc1)C(C)C. The van der Waals surface area contributed by atoms with Gasteiger partial charge in [-0.05, 0) is 30.2 Å². The molecule has 0 saturated heterocycles. The Morgan fingerprint density at radius 2 is 2.00 bits per heavy atom. The maximum absolute atomic E-state index is 8.58. The average molecular weight is 295 g/mol. The van der Waals surface area contributed by atoms with Gasteiger partial charge in [-0.15, -0.1) is 0 Å². The molecule has 118 valence electrons. The lowest BCUT2D eigenvalue weighted by Gasteiger charge is -2.21. The molecule has 0 amide bonds. The molecule has 1 atom stereocenters. The summed E-state index contributed by atoms with van der Waals surface area (Å²) >= 11 is 0. The minimum atomic E-state index is 0.0857. The van der Waals surface area contributed by atoms with E-state index in [0.29, 0.717) is 30.7 Å². The molecule has 6 heteroatoms. The molecule has 0 radical (unpaired) electrons. The van der Waals surface area contributed by atoms with E-state index in [1.807, 2.05) is 0 Å². The van der Waals surface area contributed by atoms with Gasteiger partial charge in [-0.3, -0.25) is 0 Å². The zero-order chi connectivity index (χ0) is 15.7. The van der Waals surface area contributed by atoms with Crippen LogP contribution >= 0.6 is 0 Å². The van der Waals surface area contributed by atoms with Crippen LogP contribution in [0.2, 0.25) is 0 Å². The zero-order valence-corrected chi connectivity index (χ0v) is 12.9. The third-order valence-corrected chi connectivity index (χ3v) is 3.19. The Kier molecular flexibility index (Phi) is 7.56. The summed E-state index contributed by atoms with van der Waals surface area (Å²) in [6, 6.07) is 7.41. The van der Waals surface area contributed by atoms with Crippen molar-refractivity contribution in [2.24, 2.45) is 16.8 Å². The molecule has 6 nitrogen and oxygen atoms in total. The van der Waals surface area contributed by atoms with E-state index in [1.54, 1.807) is 31.4 Å². The first-order valence-corrected chi connectivity index (χ1v) is 7.01. The predicted molar refractivity (Wildman–Crippen MR) is 83.0 cm³/mol. The van der Waals surface area contributed by atoms with Gasteiger partial charge in [0.25, 0.3) is 0 Å². The van der Waals surface area contributed by atoms with Crippen molar-refractivity contribution in [2.75, 3.05) is 26.9 Å². The summed E-state index contributed by atoms with van der Waals surface area (Å²) in [6.07, 6.45) is 0. The van der Waals surface area contributed by atoms with Crippen LogP contribution in [0.15, 0.2) is 29.4 Å². The second-order valence-electron chi connectivity index (χ2n) is 5.12. The van der Waals surface area contributed by atoms with E-state index in [0.717, 1.165) is 12.3 Å². The fraction of sp³-hybridized carbons (Fsp3) is 0.533. The number of nitrogens with two attached hydrogens (primary N) is 1. The Bertz CT molecular complexity index is 432. The Morgan fingerprint density at radius 1 is 1.33 bits per heavy atom. The summed E-state index contributed by atoms with van der Waals surface area (Å²) in [5, 5.41) is 14.9. The lowest BCUT2D eigenvalue weighted by Crippen LogP contribution is -2.39. The Hall–Kier alpha value is -1.79. The van der Waals surface area contributed by atoms with Crippen LogP contribution < -0.4 is 15.8 Å². The highest BCUT2D eigenvalue weighted by Crippen LogP contribution is 2.11. The second-order valence-corrected chi connectivity index (χ2v) is 5.12. The predicted octanol–water partition coefficient (Wildman–Crippen LogP) is 1.42. The first-order chi connectivity index (χ1) is 10.1. The number of hydrogen-bond donors (Lipinski definition) is 3. The van der Waals surface area contributed by atoms with Crippen LogP contribution in [0.4, 0.5) is 0 Å². The van der Waals surface area contributed by atoms with E-state index >= 15 is 0 Å². The van der Waals surface area contributed by atoms with Gasteiger partial charge in [0.05, 0.1) is 6.61 Å². The van der Waals surface area contributed by atoms with Crippen LogP contribution in [0, 0.1) is 5.92 Å².